The Kier molecular flexibility index (Phi) is 6.41. The van der Waals surface area contributed by atoms with Crippen molar-refractivity contribution >= 4 is 28.3 Å². The first kappa shape index (κ1) is 22.9. The van der Waals surface area contributed by atoms with Gasteiger partial charge in [-0.1, -0.05) is 66.7 Å². The van der Waals surface area contributed by atoms with E-state index in [1.54, 1.807) is 28.6 Å². The molecule has 2 amide bonds. The predicted octanol–water partition coefficient (Wildman–Crippen LogP) is 4.78. The van der Waals surface area contributed by atoms with Crippen molar-refractivity contribution in [2.75, 3.05) is 12.4 Å². The summed E-state index contributed by atoms with van der Waals surface area (Å²) >= 11 is 1.33. The monoisotopic (exact) mass is 485 g/mol. The van der Waals surface area contributed by atoms with Crippen LogP contribution in [-0.2, 0) is 16.1 Å². The number of ether oxygens (including phenoxy) is 1. The second-order valence-corrected chi connectivity index (χ2v) is 9.05. The average Bonchev–Trinajstić information content (AvgIpc) is 3.52. The molecule has 2 N–H and O–H groups in total. The van der Waals surface area contributed by atoms with Crippen LogP contribution in [0, 0.1) is 0 Å². The minimum atomic E-state index is -0.982. The fraction of sp³-hybridized carbons (Fsp3) is 0.148. The summed E-state index contributed by atoms with van der Waals surface area (Å²) in [6.07, 6.45) is 0.642. The topological polar surface area (TPSA) is 91.8 Å². The summed E-state index contributed by atoms with van der Waals surface area (Å²) in [5.41, 5.74) is 4.61. The molecule has 7 nitrogen and oxygen atoms in total. The number of methoxy groups -OCH3 is 1. The number of aromatic nitrogens is 1. The largest absolute Gasteiger partial charge is 0.364 e. The van der Waals surface area contributed by atoms with Crippen LogP contribution in [0.5, 0.6) is 0 Å². The molecule has 0 spiro atoms. The maximum absolute atomic E-state index is 13.6. The number of aliphatic hydroxyl groups excluding tert-OH is 1. The molecule has 1 aliphatic heterocycles. The normalized spacial score (nSPS) is 14.5. The standard InChI is InChI=1S/C27H23N3O4S/c1-34-26(33)19-9-7-17(8-10-19)20-11-12-21-16-30(25(32)22(21)15-20)23(18-5-3-2-4-6-18)24(31)29-27-28-13-14-35-27/h2-15,23,26,33H,16H2,1H3,(H,28,29,31)/t23-,26?/m1/s1. The van der Waals surface area contributed by atoms with Gasteiger partial charge in [0.25, 0.3) is 11.8 Å². The first-order valence-electron chi connectivity index (χ1n) is 11.1. The van der Waals surface area contributed by atoms with E-state index in [2.05, 4.69) is 10.3 Å². The molecule has 1 aromatic heterocycles. The van der Waals surface area contributed by atoms with Crippen molar-refractivity contribution in [1.29, 1.82) is 0 Å². The van der Waals surface area contributed by atoms with Gasteiger partial charge in [0.1, 0.15) is 6.04 Å². The molecule has 0 aliphatic carbocycles. The lowest BCUT2D eigenvalue weighted by atomic mass is 9.99. The number of fused-ring (bicyclic) bond motifs is 1. The second-order valence-electron chi connectivity index (χ2n) is 8.15. The Labute approximate surface area is 206 Å². The molecule has 0 fully saturated rings. The van der Waals surface area contributed by atoms with Crippen LogP contribution in [0.25, 0.3) is 11.1 Å². The van der Waals surface area contributed by atoms with E-state index in [1.807, 2.05) is 60.7 Å². The molecular weight excluding hydrogens is 462 g/mol. The van der Waals surface area contributed by atoms with Crippen LogP contribution in [0.2, 0.25) is 0 Å². The number of hydrogen-bond acceptors (Lipinski definition) is 6. The maximum Gasteiger partial charge on any atom is 0.255 e. The highest BCUT2D eigenvalue weighted by Gasteiger charge is 2.37. The van der Waals surface area contributed by atoms with Gasteiger partial charge in [0, 0.05) is 36.4 Å². The van der Waals surface area contributed by atoms with Gasteiger partial charge in [-0.05, 0) is 28.3 Å². The number of amides is 2. The minimum absolute atomic E-state index is 0.198. The van der Waals surface area contributed by atoms with Crippen LogP contribution in [0.1, 0.15) is 39.4 Å². The molecular formula is C27H23N3O4S. The summed E-state index contributed by atoms with van der Waals surface area (Å²) in [6, 6.07) is 21.6. The lowest BCUT2D eigenvalue weighted by Crippen LogP contribution is -2.37. The number of carbonyl (C=O) groups is 2. The lowest BCUT2D eigenvalue weighted by Gasteiger charge is -2.27. The summed E-state index contributed by atoms with van der Waals surface area (Å²) in [5, 5.41) is 15.0. The van der Waals surface area contributed by atoms with Crippen molar-refractivity contribution in [3.8, 4) is 11.1 Å². The third kappa shape index (κ3) is 4.59. The third-order valence-corrected chi connectivity index (χ3v) is 6.72. The van der Waals surface area contributed by atoms with Crippen molar-refractivity contribution in [1.82, 2.24) is 9.88 Å². The molecule has 1 aliphatic rings. The Balaban J connectivity index is 1.44. The van der Waals surface area contributed by atoms with Crippen molar-refractivity contribution in [2.24, 2.45) is 0 Å². The van der Waals surface area contributed by atoms with Crippen molar-refractivity contribution in [3.05, 3.63) is 107 Å². The third-order valence-electron chi connectivity index (χ3n) is 6.03. The summed E-state index contributed by atoms with van der Waals surface area (Å²) in [6.45, 7) is 0.332. The van der Waals surface area contributed by atoms with Gasteiger partial charge in [0.2, 0.25) is 0 Å². The number of hydrogen-bond donors (Lipinski definition) is 2. The first-order chi connectivity index (χ1) is 17.0. The fourth-order valence-electron chi connectivity index (χ4n) is 4.25. The van der Waals surface area contributed by atoms with Crippen LogP contribution in [-0.4, -0.2) is 33.9 Å². The molecule has 35 heavy (non-hydrogen) atoms. The zero-order valence-electron chi connectivity index (χ0n) is 18.9. The zero-order chi connectivity index (χ0) is 24.4. The number of rotatable bonds is 7. The van der Waals surface area contributed by atoms with Gasteiger partial charge in [-0.3, -0.25) is 14.9 Å². The zero-order valence-corrected chi connectivity index (χ0v) is 19.7. The quantitative estimate of drug-likeness (QED) is 0.368. The Morgan fingerprint density at radius 3 is 2.49 bits per heavy atom. The number of thiazole rings is 1. The van der Waals surface area contributed by atoms with Crippen LogP contribution >= 0.6 is 11.3 Å². The number of nitrogens with zero attached hydrogens (tertiary/aromatic N) is 2. The average molecular weight is 486 g/mol. The molecule has 1 unspecified atom stereocenters. The van der Waals surface area contributed by atoms with E-state index in [9.17, 15) is 14.7 Å². The molecule has 0 saturated heterocycles. The maximum atomic E-state index is 13.6. The van der Waals surface area contributed by atoms with Gasteiger partial charge in [-0.25, -0.2) is 4.98 Å². The number of carbonyl (C=O) groups excluding carboxylic acids is 2. The second kappa shape index (κ2) is 9.79. The molecule has 0 bridgehead atoms. The Morgan fingerprint density at radius 2 is 1.80 bits per heavy atom. The van der Waals surface area contributed by atoms with Crippen LogP contribution in [0.15, 0.2) is 84.4 Å². The van der Waals surface area contributed by atoms with E-state index >= 15 is 0 Å². The summed E-state index contributed by atoms with van der Waals surface area (Å²) in [7, 11) is 1.44. The Morgan fingerprint density at radius 1 is 1.06 bits per heavy atom. The van der Waals surface area contributed by atoms with E-state index in [0.29, 0.717) is 22.8 Å². The van der Waals surface area contributed by atoms with Gasteiger partial charge in [-0.2, -0.15) is 0 Å². The van der Waals surface area contributed by atoms with Gasteiger partial charge in [0.15, 0.2) is 11.4 Å². The highest BCUT2D eigenvalue weighted by Crippen LogP contribution is 2.35. The molecule has 2 atom stereocenters. The van der Waals surface area contributed by atoms with Gasteiger partial charge < -0.3 is 14.7 Å². The Hall–Kier alpha value is -3.85. The van der Waals surface area contributed by atoms with Crippen molar-refractivity contribution in [2.45, 2.75) is 18.9 Å². The molecule has 8 heteroatoms. The number of anilines is 1. The van der Waals surface area contributed by atoms with E-state index in [0.717, 1.165) is 22.3 Å². The summed E-state index contributed by atoms with van der Waals surface area (Å²) in [5.74, 6) is -0.503. The van der Waals surface area contributed by atoms with Crippen molar-refractivity contribution < 1.29 is 19.4 Å². The lowest BCUT2D eigenvalue weighted by molar-refractivity contribution is -0.120. The molecule has 5 rings (SSSR count). The highest BCUT2D eigenvalue weighted by molar-refractivity contribution is 7.13. The molecule has 3 aromatic carbocycles. The van der Waals surface area contributed by atoms with Crippen LogP contribution < -0.4 is 5.32 Å². The van der Waals surface area contributed by atoms with E-state index in [1.165, 1.54) is 18.4 Å². The number of aliphatic hydroxyl groups is 1. The molecule has 0 radical (unpaired) electrons. The SMILES string of the molecule is COC(O)c1ccc(-c2ccc3c(c2)C(=O)N([C@@H](C(=O)Nc2nccs2)c2ccccc2)C3)cc1. The predicted molar refractivity (Wildman–Crippen MR) is 134 cm³/mol. The van der Waals surface area contributed by atoms with E-state index in [-0.39, 0.29) is 11.8 Å². The number of nitrogens with one attached hydrogen (secondary N) is 1. The molecule has 176 valence electrons. The van der Waals surface area contributed by atoms with E-state index < -0.39 is 12.3 Å². The molecule has 0 saturated carbocycles. The fourth-order valence-corrected chi connectivity index (χ4v) is 4.79. The van der Waals surface area contributed by atoms with Crippen LogP contribution in [0.4, 0.5) is 5.13 Å². The Bertz CT molecular complexity index is 1340. The molecule has 2 heterocycles. The first-order valence-corrected chi connectivity index (χ1v) is 11.9. The van der Waals surface area contributed by atoms with E-state index in [4.69, 9.17) is 4.74 Å². The highest BCUT2D eigenvalue weighted by atomic mass is 32.1. The summed E-state index contributed by atoms with van der Waals surface area (Å²) in [4.78, 5) is 32.6. The molecule has 4 aromatic rings. The number of benzene rings is 3. The van der Waals surface area contributed by atoms with Crippen molar-refractivity contribution in [3.63, 3.8) is 0 Å². The van der Waals surface area contributed by atoms with Crippen LogP contribution in [0.3, 0.4) is 0 Å². The smallest absolute Gasteiger partial charge is 0.255 e. The van der Waals surface area contributed by atoms with Gasteiger partial charge in [0.05, 0.1) is 0 Å². The van der Waals surface area contributed by atoms with Gasteiger partial charge >= 0.3 is 0 Å². The minimum Gasteiger partial charge on any atom is -0.364 e. The van der Waals surface area contributed by atoms with Gasteiger partial charge in [-0.15, -0.1) is 11.3 Å². The summed E-state index contributed by atoms with van der Waals surface area (Å²) < 4.78 is 4.95.